The minimum Gasteiger partial charge on any atom is -0.456 e. The molecule has 152 valence electrons. The van der Waals surface area contributed by atoms with Gasteiger partial charge in [-0.1, -0.05) is 19.9 Å². The van der Waals surface area contributed by atoms with E-state index in [0.717, 1.165) is 11.3 Å². The number of anilines is 1. The van der Waals surface area contributed by atoms with Crippen molar-refractivity contribution in [3.8, 4) is 0 Å². The standard InChI is InChI=1S/C21H22N2O5S/c1-12(2)19(22-20(26)17-5-4-8-29-17)21(27)28-11-16(24)13-6-7-15-14(9-13)10-18(25)23(15)3/h4-9,12,19H,10-11H2,1-3H3,(H,22,26)/t19-/m0/s1. The number of carbonyl (C=O) groups is 4. The molecule has 8 heteroatoms. The molecule has 0 unspecified atom stereocenters. The molecular weight excluding hydrogens is 392 g/mol. The number of Topliss-reactive ketones (excluding diaryl/α,β-unsaturated/α-hetero) is 1. The minimum absolute atomic E-state index is 0.0303. The predicted molar refractivity (Wildman–Crippen MR) is 109 cm³/mol. The van der Waals surface area contributed by atoms with Gasteiger partial charge in [0.15, 0.2) is 12.4 Å². The van der Waals surface area contributed by atoms with Crippen LogP contribution in [0.25, 0.3) is 0 Å². The molecule has 0 aliphatic carbocycles. The lowest BCUT2D eigenvalue weighted by molar-refractivity contribution is -0.146. The molecule has 3 rings (SSSR count). The molecule has 0 saturated heterocycles. The summed E-state index contributed by atoms with van der Waals surface area (Å²) in [5.41, 5.74) is 1.93. The average Bonchev–Trinajstić information content (AvgIpc) is 3.32. The Hall–Kier alpha value is -3.00. The molecular formula is C21H22N2O5S. The van der Waals surface area contributed by atoms with Gasteiger partial charge in [0.05, 0.1) is 11.3 Å². The Labute approximate surface area is 172 Å². The van der Waals surface area contributed by atoms with Gasteiger partial charge >= 0.3 is 5.97 Å². The smallest absolute Gasteiger partial charge is 0.329 e. The number of likely N-dealkylation sites (N-methyl/N-ethyl adjacent to an activating group) is 1. The van der Waals surface area contributed by atoms with Crippen LogP contribution in [-0.2, 0) is 20.7 Å². The number of hydrogen-bond acceptors (Lipinski definition) is 6. The number of ketones is 1. The topological polar surface area (TPSA) is 92.8 Å². The van der Waals surface area contributed by atoms with Crippen molar-refractivity contribution in [3.05, 3.63) is 51.7 Å². The fourth-order valence-electron chi connectivity index (χ4n) is 3.07. The van der Waals surface area contributed by atoms with E-state index in [1.54, 1.807) is 61.5 Å². The van der Waals surface area contributed by atoms with Crippen LogP contribution in [0.2, 0.25) is 0 Å². The Balaban J connectivity index is 1.61. The number of ether oxygens (including phenoxy) is 1. The minimum atomic E-state index is -0.858. The first-order valence-corrected chi connectivity index (χ1v) is 10.1. The van der Waals surface area contributed by atoms with E-state index < -0.39 is 18.6 Å². The highest BCUT2D eigenvalue weighted by Crippen LogP contribution is 2.28. The summed E-state index contributed by atoms with van der Waals surface area (Å²) >= 11 is 1.28. The number of fused-ring (bicyclic) bond motifs is 1. The maximum absolute atomic E-state index is 12.5. The molecule has 0 bridgehead atoms. The molecule has 1 aliphatic heterocycles. The summed E-state index contributed by atoms with van der Waals surface area (Å²) < 4.78 is 5.18. The molecule has 0 fully saturated rings. The Morgan fingerprint density at radius 2 is 2.00 bits per heavy atom. The molecule has 1 aromatic heterocycles. The van der Waals surface area contributed by atoms with E-state index >= 15 is 0 Å². The van der Waals surface area contributed by atoms with E-state index in [1.165, 1.54) is 11.3 Å². The van der Waals surface area contributed by atoms with Crippen LogP contribution < -0.4 is 10.2 Å². The predicted octanol–water partition coefficient (Wildman–Crippen LogP) is 2.45. The van der Waals surface area contributed by atoms with Gasteiger partial charge in [-0.3, -0.25) is 14.4 Å². The summed E-state index contributed by atoms with van der Waals surface area (Å²) in [7, 11) is 1.69. The monoisotopic (exact) mass is 414 g/mol. The fraction of sp³-hybridized carbons (Fsp3) is 0.333. The van der Waals surface area contributed by atoms with E-state index in [9.17, 15) is 19.2 Å². The first-order chi connectivity index (χ1) is 13.8. The Kier molecular flexibility index (Phi) is 6.12. The van der Waals surface area contributed by atoms with E-state index in [1.807, 2.05) is 0 Å². The Bertz CT molecular complexity index is 952. The van der Waals surface area contributed by atoms with Crippen molar-refractivity contribution in [3.63, 3.8) is 0 Å². The normalized spacial score (nSPS) is 13.9. The molecule has 2 heterocycles. The van der Waals surface area contributed by atoms with Gasteiger partial charge in [-0.05, 0) is 41.1 Å². The number of rotatable bonds is 7. The Morgan fingerprint density at radius 1 is 1.24 bits per heavy atom. The number of nitrogens with zero attached hydrogens (tertiary/aromatic N) is 1. The second-order valence-electron chi connectivity index (χ2n) is 7.18. The van der Waals surface area contributed by atoms with Gasteiger partial charge in [0, 0.05) is 18.3 Å². The molecule has 1 atom stereocenters. The van der Waals surface area contributed by atoms with Crippen molar-refractivity contribution in [1.29, 1.82) is 0 Å². The first-order valence-electron chi connectivity index (χ1n) is 9.21. The summed E-state index contributed by atoms with van der Waals surface area (Å²) in [6.45, 7) is 3.15. The Morgan fingerprint density at radius 3 is 2.66 bits per heavy atom. The summed E-state index contributed by atoms with van der Waals surface area (Å²) in [4.78, 5) is 51.0. The third kappa shape index (κ3) is 4.54. The zero-order valence-electron chi connectivity index (χ0n) is 16.4. The van der Waals surface area contributed by atoms with Crippen molar-refractivity contribution < 1.29 is 23.9 Å². The van der Waals surface area contributed by atoms with Gasteiger partial charge in [0.25, 0.3) is 5.91 Å². The van der Waals surface area contributed by atoms with Crippen molar-refractivity contribution >= 4 is 40.6 Å². The highest BCUT2D eigenvalue weighted by atomic mass is 32.1. The number of nitrogens with one attached hydrogen (secondary N) is 1. The van der Waals surface area contributed by atoms with Crippen LogP contribution >= 0.6 is 11.3 Å². The third-order valence-electron chi connectivity index (χ3n) is 4.78. The van der Waals surface area contributed by atoms with Crippen molar-refractivity contribution in [2.24, 2.45) is 5.92 Å². The molecule has 29 heavy (non-hydrogen) atoms. The van der Waals surface area contributed by atoms with Crippen LogP contribution in [0.3, 0.4) is 0 Å². The van der Waals surface area contributed by atoms with Crippen LogP contribution in [0.4, 0.5) is 5.69 Å². The van der Waals surface area contributed by atoms with Gasteiger partial charge in [-0.25, -0.2) is 4.79 Å². The lowest BCUT2D eigenvalue weighted by atomic mass is 10.0. The van der Waals surface area contributed by atoms with E-state index in [-0.39, 0.29) is 29.9 Å². The molecule has 0 radical (unpaired) electrons. The van der Waals surface area contributed by atoms with E-state index in [4.69, 9.17) is 4.74 Å². The zero-order valence-corrected chi connectivity index (χ0v) is 17.2. The van der Waals surface area contributed by atoms with Crippen molar-refractivity contribution in [1.82, 2.24) is 5.32 Å². The van der Waals surface area contributed by atoms with Crippen molar-refractivity contribution in [2.75, 3.05) is 18.6 Å². The third-order valence-corrected chi connectivity index (χ3v) is 5.64. The SMILES string of the molecule is CC(C)[C@H](NC(=O)c1cccs1)C(=O)OCC(=O)c1ccc2c(c1)CC(=O)N2C. The number of thiophene rings is 1. The molecule has 1 aromatic carbocycles. The average molecular weight is 414 g/mol. The molecule has 1 aliphatic rings. The summed E-state index contributed by atoms with van der Waals surface area (Å²) in [5.74, 6) is -1.61. The number of benzene rings is 1. The number of hydrogen-bond donors (Lipinski definition) is 1. The molecule has 7 nitrogen and oxygen atoms in total. The highest BCUT2D eigenvalue weighted by molar-refractivity contribution is 7.12. The lowest BCUT2D eigenvalue weighted by Gasteiger charge is -2.20. The van der Waals surface area contributed by atoms with Crippen LogP contribution in [0.1, 0.15) is 39.4 Å². The van der Waals surface area contributed by atoms with Crippen LogP contribution in [0.15, 0.2) is 35.7 Å². The zero-order chi connectivity index (χ0) is 21.1. The van der Waals surface area contributed by atoms with Crippen LogP contribution in [-0.4, -0.2) is 43.3 Å². The maximum atomic E-state index is 12.5. The van der Waals surface area contributed by atoms with Crippen LogP contribution in [0, 0.1) is 5.92 Å². The van der Waals surface area contributed by atoms with Gasteiger partial charge < -0.3 is 15.0 Å². The molecule has 2 amide bonds. The molecule has 0 saturated carbocycles. The van der Waals surface area contributed by atoms with Gasteiger partial charge in [0.2, 0.25) is 5.91 Å². The molecule has 2 aromatic rings. The second kappa shape index (κ2) is 8.57. The quantitative estimate of drug-likeness (QED) is 0.555. The maximum Gasteiger partial charge on any atom is 0.329 e. The van der Waals surface area contributed by atoms with Gasteiger partial charge in [-0.2, -0.15) is 0 Å². The van der Waals surface area contributed by atoms with E-state index in [2.05, 4.69) is 5.32 Å². The fourth-order valence-corrected chi connectivity index (χ4v) is 3.70. The number of carbonyl (C=O) groups excluding carboxylic acids is 4. The van der Waals surface area contributed by atoms with Gasteiger partial charge in [-0.15, -0.1) is 11.3 Å². The number of amides is 2. The molecule has 0 spiro atoms. The summed E-state index contributed by atoms with van der Waals surface area (Å²) in [5, 5.41) is 4.44. The van der Waals surface area contributed by atoms with Gasteiger partial charge in [0.1, 0.15) is 6.04 Å². The van der Waals surface area contributed by atoms with Crippen LogP contribution in [0.5, 0.6) is 0 Å². The van der Waals surface area contributed by atoms with E-state index in [0.29, 0.717) is 10.4 Å². The van der Waals surface area contributed by atoms with Crippen molar-refractivity contribution in [2.45, 2.75) is 26.3 Å². The highest BCUT2D eigenvalue weighted by Gasteiger charge is 2.28. The first kappa shape index (κ1) is 20.7. The largest absolute Gasteiger partial charge is 0.456 e. The second-order valence-corrected chi connectivity index (χ2v) is 8.12. The summed E-state index contributed by atoms with van der Waals surface area (Å²) in [6.07, 6.45) is 0.247. The molecule has 1 N–H and O–H groups in total. The lowest BCUT2D eigenvalue weighted by Crippen LogP contribution is -2.45. The number of esters is 1. The summed E-state index contributed by atoms with van der Waals surface area (Å²) in [6, 6.07) is 7.55.